The van der Waals surface area contributed by atoms with Crippen LogP contribution in [0.2, 0.25) is 0 Å². The number of para-hydroxylation sites is 2. The maximum atomic E-state index is 2.41. The molecule has 194 valence electrons. The Morgan fingerprint density at radius 3 is 1.22 bits per heavy atom. The van der Waals surface area contributed by atoms with Gasteiger partial charge in [0, 0.05) is 22.3 Å². The SMILES string of the molecule is C(=C(c1ccccc1)c1ccccc1)c1c(N(c2ccccc2)c2ccccc2)c2ccccc2c2ccccc12. The summed E-state index contributed by atoms with van der Waals surface area (Å²) in [5.41, 5.74) is 8.16. The molecule has 1 nitrogen and oxygen atoms in total. The molecule has 0 amide bonds. The molecule has 0 aliphatic carbocycles. The van der Waals surface area contributed by atoms with Crippen molar-refractivity contribution in [3.63, 3.8) is 0 Å². The Labute approximate surface area is 241 Å². The summed E-state index contributed by atoms with van der Waals surface area (Å²) in [6.45, 7) is 0. The lowest BCUT2D eigenvalue weighted by molar-refractivity contribution is 1.30. The molecule has 0 bridgehead atoms. The Kier molecular flexibility index (Phi) is 6.61. The summed E-state index contributed by atoms with van der Waals surface area (Å²) in [5, 5.41) is 4.93. The van der Waals surface area contributed by atoms with E-state index in [1.54, 1.807) is 0 Å². The third-order valence-corrected chi connectivity index (χ3v) is 7.66. The maximum Gasteiger partial charge on any atom is 0.0619 e. The Balaban J connectivity index is 1.66. The van der Waals surface area contributed by atoms with Gasteiger partial charge in [-0.25, -0.2) is 0 Å². The normalized spacial score (nSPS) is 10.9. The fourth-order valence-corrected chi connectivity index (χ4v) is 5.81. The van der Waals surface area contributed by atoms with Crippen molar-refractivity contribution in [2.45, 2.75) is 0 Å². The second-order valence-corrected chi connectivity index (χ2v) is 10.2. The van der Waals surface area contributed by atoms with Gasteiger partial charge in [-0.2, -0.15) is 0 Å². The van der Waals surface area contributed by atoms with Crippen LogP contribution in [-0.4, -0.2) is 0 Å². The summed E-state index contributed by atoms with van der Waals surface area (Å²) in [6.07, 6.45) is 2.40. The van der Waals surface area contributed by atoms with Crippen LogP contribution in [-0.2, 0) is 0 Å². The average molecular weight is 524 g/mol. The van der Waals surface area contributed by atoms with Crippen molar-refractivity contribution in [1.29, 1.82) is 0 Å². The number of rotatable bonds is 6. The van der Waals surface area contributed by atoms with Crippen LogP contribution >= 0.6 is 0 Å². The van der Waals surface area contributed by atoms with E-state index in [9.17, 15) is 0 Å². The molecular formula is C40H29N. The summed E-state index contributed by atoms with van der Waals surface area (Å²) < 4.78 is 0. The first-order valence-electron chi connectivity index (χ1n) is 14.0. The first-order chi connectivity index (χ1) is 20.4. The molecule has 7 aromatic carbocycles. The van der Waals surface area contributed by atoms with Crippen molar-refractivity contribution in [3.8, 4) is 0 Å². The van der Waals surface area contributed by atoms with Gasteiger partial charge in [-0.3, -0.25) is 0 Å². The number of anilines is 3. The topological polar surface area (TPSA) is 3.24 Å². The Morgan fingerprint density at radius 1 is 0.366 bits per heavy atom. The van der Waals surface area contributed by atoms with Gasteiger partial charge in [0.2, 0.25) is 0 Å². The van der Waals surface area contributed by atoms with Crippen molar-refractivity contribution in [2.75, 3.05) is 4.90 Å². The molecule has 0 aliphatic rings. The zero-order chi connectivity index (χ0) is 27.4. The van der Waals surface area contributed by atoms with Crippen LogP contribution < -0.4 is 4.90 Å². The van der Waals surface area contributed by atoms with E-state index < -0.39 is 0 Å². The molecule has 41 heavy (non-hydrogen) atoms. The Bertz CT molecular complexity index is 1880. The van der Waals surface area contributed by atoms with E-state index in [0.29, 0.717) is 0 Å². The maximum absolute atomic E-state index is 2.41. The fraction of sp³-hybridized carbons (Fsp3) is 0. The summed E-state index contributed by atoms with van der Waals surface area (Å²) in [5.74, 6) is 0. The highest BCUT2D eigenvalue weighted by atomic mass is 15.1. The van der Waals surface area contributed by atoms with Gasteiger partial charge < -0.3 is 4.90 Å². The van der Waals surface area contributed by atoms with Gasteiger partial charge in [0.15, 0.2) is 0 Å². The van der Waals surface area contributed by atoms with E-state index in [1.165, 1.54) is 49.5 Å². The Hall–Kier alpha value is -5.40. The van der Waals surface area contributed by atoms with Gasteiger partial charge in [0.25, 0.3) is 0 Å². The van der Waals surface area contributed by atoms with Crippen LogP contribution in [0.1, 0.15) is 16.7 Å². The quantitative estimate of drug-likeness (QED) is 0.155. The summed E-state index contributed by atoms with van der Waals surface area (Å²) >= 11 is 0. The number of hydrogen-bond donors (Lipinski definition) is 0. The van der Waals surface area contributed by atoms with Crippen LogP contribution in [0, 0.1) is 0 Å². The van der Waals surface area contributed by atoms with E-state index in [1.807, 2.05) is 0 Å². The van der Waals surface area contributed by atoms with Crippen LogP contribution in [0.15, 0.2) is 170 Å². The highest BCUT2D eigenvalue weighted by molar-refractivity contribution is 6.20. The molecule has 0 radical (unpaired) electrons. The molecule has 7 aromatic rings. The lowest BCUT2D eigenvalue weighted by atomic mass is 9.89. The summed E-state index contributed by atoms with van der Waals surface area (Å²) in [4.78, 5) is 2.41. The van der Waals surface area contributed by atoms with Crippen molar-refractivity contribution in [1.82, 2.24) is 0 Å². The van der Waals surface area contributed by atoms with E-state index in [-0.39, 0.29) is 0 Å². The second-order valence-electron chi connectivity index (χ2n) is 10.2. The van der Waals surface area contributed by atoms with Crippen LogP contribution in [0.25, 0.3) is 33.2 Å². The van der Waals surface area contributed by atoms with Gasteiger partial charge in [-0.15, -0.1) is 0 Å². The molecule has 0 atom stereocenters. The molecule has 0 N–H and O–H groups in total. The molecule has 0 saturated heterocycles. The van der Waals surface area contributed by atoms with Crippen LogP contribution in [0.5, 0.6) is 0 Å². The minimum atomic E-state index is 1.12. The molecule has 0 fully saturated rings. The first kappa shape index (κ1) is 24.6. The van der Waals surface area contributed by atoms with Crippen molar-refractivity contribution in [3.05, 3.63) is 187 Å². The number of fused-ring (bicyclic) bond motifs is 3. The van der Waals surface area contributed by atoms with Gasteiger partial charge in [0.05, 0.1) is 5.69 Å². The fourth-order valence-electron chi connectivity index (χ4n) is 5.81. The molecule has 0 aromatic heterocycles. The highest BCUT2D eigenvalue weighted by Crippen LogP contribution is 2.46. The number of benzene rings is 7. The minimum Gasteiger partial charge on any atom is -0.309 e. The van der Waals surface area contributed by atoms with E-state index in [2.05, 4.69) is 181 Å². The van der Waals surface area contributed by atoms with Gasteiger partial charge in [-0.1, -0.05) is 146 Å². The monoisotopic (exact) mass is 523 g/mol. The van der Waals surface area contributed by atoms with Crippen LogP contribution in [0.3, 0.4) is 0 Å². The van der Waals surface area contributed by atoms with Gasteiger partial charge >= 0.3 is 0 Å². The second kappa shape index (κ2) is 11.0. The highest BCUT2D eigenvalue weighted by Gasteiger charge is 2.22. The van der Waals surface area contributed by atoms with E-state index >= 15 is 0 Å². The largest absolute Gasteiger partial charge is 0.309 e. The van der Waals surface area contributed by atoms with Crippen LogP contribution in [0.4, 0.5) is 17.1 Å². The lowest BCUT2D eigenvalue weighted by Crippen LogP contribution is -2.12. The third kappa shape index (κ3) is 4.68. The minimum absolute atomic E-state index is 1.12. The molecule has 0 heterocycles. The first-order valence-corrected chi connectivity index (χ1v) is 14.0. The predicted molar refractivity (Wildman–Crippen MR) is 176 cm³/mol. The predicted octanol–water partition coefficient (Wildman–Crippen LogP) is 11.1. The standard InChI is InChI=1S/C40H29N/c1-5-17-30(18-6-1)38(31-19-7-2-8-20-31)29-39-36-27-14-13-25-34(36)35-26-15-16-28-37(35)40(39)41(32-21-9-3-10-22-32)33-23-11-4-12-24-33/h1-29H. The van der Waals surface area contributed by atoms with E-state index in [0.717, 1.165) is 11.4 Å². The zero-order valence-corrected chi connectivity index (χ0v) is 22.7. The molecule has 7 rings (SSSR count). The number of nitrogens with zero attached hydrogens (tertiary/aromatic N) is 1. The third-order valence-electron chi connectivity index (χ3n) is 7.66. The van der Waals surface area contributed by atoms with Crippen molar-refractivity contribution >= 4 is 50.3 Å². The molecular weight excluding hydrogens is 494 g/mol. The molecule has 0 spiro atoms. The zero-order valence-electron chi connectivity index (χ0n) is 22.7. The lowest BCUT2D eigenvalue weighted by Gasteiger charge is -2.30. The smallest absolute Gasteiger partial charge is 0.0619 e. The summed E-state index contributed by atoms with van der Waals surface area (Å²) in [6, 6.07) is 60.4. The molecule has 1 heteroatoms. The Morgan fingerprint density at radius 2 is 0.732 bits per heavy atom. The van der Waals surface area contributed by atoms with Gasteiger partial charge in [-0.05, 0) is 63.2 Å². The van der Waals surface area contributed by atoms with Gasteiger partial charge in [0.1, 0.15) is 0 Å². The molecule has 0 aliphatic heterocycles. The van der Waals surface area contributed by atoms with E-state index in [4.69, 9.17) is 0 Å². The molecule has 0 saturated carbocycles. The van der Waals surface area contributed by atoms with Crippen molar-refractivity contribution in [2.24, 2.45) is 0 Å². The summed E-state index contributed by atoms with van der Waals surface area (Å²) in [7, 11) is 0. The number of hydrogen-bond acceptors (Lipinski definition) is 1. The molecule has 0 unspecified atom stereocenters. The van der Waals surface area contributed by atoms with Crippen molar-refractivity contribution < 1.29 is 0 Å². The average Bonchev–Trinajstić information content (AvgIpc) is 3.06.